The second-order valence-electron chi connectivity index (χ2n) is 5.88. The van der Waals surface area contributed by atoms with Crippen molar-refractivity contribution >= 4 is 11.9 Å². The highest BCUT2D eigenvalue weighted by atomic mass is 16.2. The van der Waals surface area contributed by atoms with E-state index < -0.39 is 6.03 Å². The molecule has 3 rings (SSSR count). The van der Waals surface area contributed by atoms with Crippen LogP contribution in [0.4, 0.5) is 4.79 Å². The Labute approximate surface area is 139 Å². The van der Waals surface area contributed by atoms with Gasteiger partial charge in [0, 0.05) is 43.8 Å². The van der Waals surface area contributed by atoms with E-state index in [-0.39, 0.29) is 11.8 Å². The maximum absolute atomic E-state index is 12.8. The van der Waals surface area contributed by atoms with E-state index in [1.165, 1.54) is 0 Å². The van der Waals surface area contributed by atoms with Crippen molar-refractivity contribution in [3.63, 3.8) is 0 Å². The van der Waals surface area contributed by atoms with Crippen LogP contribution in [0.25, 0.3) is 5.82 Å². The van der Waals surface area contributed by atoms with Gasteiger partial charge in [-0.25, -0.2) is 14.8 Å². The lowest BCUT2D eigenvalue weighted by molar-refractivity contribution is 0.0675. The number of likely N-dealkylation sites (tertiary alicyclic amines) is 1. The van der Waals surface area contributed by atoms with E-state index >= 15 is 0 Å². The smallest absolute Gasteiger partial charge is 0.312 e. The highest BCUT2D eigenvalue weighted by Gasteiger charge is 2.25. The quantitative estimate of drug-likeness (QED) is 0.865. The van der Waals surface area contributed by atoms with Gasteiger partial charge in [0.1, 0.15) is 12.1 Å². The lowest BCUT2D eigenvalue weighted by Crippen LogP contribution is -2.44. The third kappa shape index (κ3) is 3.70. The van der Waals surface area contributed by atoms with Crippen LogP contribution in [-0.2, 0) is 0 Å². The summed E-state index contributed by atoms with van der Waals surface area (Å²) in [5.41, 5.74) is 5.71. The van der Waals surface area contributed by atoms with Crippen LogP contribution in [0, 0.1) is 5.92 Å². The van der Waals surface area contributed by atoms with E-state index in [4.69, 9.17) is 5.73 Å². The number of aromatic nitrogens is 3. The number of imidazole rings is 1. The van der Waals surface area contributed by atoms with E-state index in [9.17, 15) is 9.59 Å². The second kappa shape index (κ2) is 7.12. The van der Waals surface area contributed by atoms with E-state index in [1.54, 1.807) is 41.6 Å². The van der Waals surface area contributed by atoms with Gasteiger partial charge in [0.25, 0.3) is 5.91 Å². The molecule has 1 aliphatic heterocycles. The topological polar surface area (TPSA) is 106 Å². The number of carbonyl (C=O) groups excluding carboxylic acids is 2. The van der Waals surface area contributed by atoms with Crippen LogP contribution in [0.15, 0.2) is 37.1 Å². The van der Waals surface area contributed by atoms with Gasteiger partial charge in [0.05, 0.1) is 0 Å². The van der Waals surface area contributed by atoms with Crippen molar-refractivity contribution in [2.24, 2.45) is 11.7 Å². The summed E-state index contributed by atoms with van der Waals surface area (Å²) in [6, 6.07) is 2.95. The number of carbonyl (C=O) groups is 2. The minimum atomic E-state index is -0.530. The number of piperidine rings is 1. The highest BCUT2D eigenvalue weighted by Crippen LogP contribution is 2.19. The average molecular weight is 328 g/mol. The maximum atomic E-state index is 12.8. The molecule has 1 fully saturated rings. The summed E-state index contributed by atoms with van der Waals surface area (Å²) < 4.78 is 1.76. The number of amides is 3. The molecular weight excluding hydrogens is 308 g/mol. The Morgan fingerprint density at radius 2 is 2.25 bits per heavy atom. The van der Waals surface area contributed by atoms with Crippen molar-refractivity contribution in [3.05, 3.63) is 42.6 Å². The summed E-state index contributed by atoms with van der Waals surface area (Å²) in [6.45, 7) is 1.83. The monoisotopic (exact) mass is 328 g/mol. The molecule has 8 nitrogen and oxygen atoms in total. The van der Waals surface area contributed by atoms with Crippen molar-refractivity contribution in [1.29, 1.82) is 0 Å². The largest absolute Gasteiger partial charge is 0.352 e. The van der Waals surface area contributed by atoms with E-state index in [1.807, 2.05) is 4.90 Å². The lowest BCUT2D eigenvalue weighted by Gasteiger charge is -2.32. The standard InChI is InChI=1S/C16H20N6O2/c17-16(24)20-9-12-2-1-6-21(10-12)15(23)13-3-4-19-14(8-13)22-7-5-18-11-22/h3-5,7-8,11-12H,1-2,6,9-10H2,(H3,17,20,24)/t12-/m0/s1. The van der Waals surface area contributed by atoms with E-state index in [0.29, 0.717) is 31.0 Å². The fourth-order valence-corrected chi connectivity index (χ4v) is 2.93. The van der Waals surface area contributed by atoms with Gasteiger partial charge < -0.3 is 16.0 Å². The molecule has 8 heteroatoms. The summed E-state index contributed by atoms with van der Waals surface area (Å²) in [7, 11) is 0. The molecule has 0 saturated carbocycles. The molecule has 0 unspecified atom stereocenters. The van der Waals surface area contributed by atoms with Crippen molar-refractivity contribution in [2.75, 3.05) is 19.6 Å². The van der Waals surface area contributed by atoms with Crippen LogP contribution in [0.3, 0.4) is 0 Å². The fraction of sp³-hybridized carbons (Fsp3) is 0.375. The van der Waals surface area contributed by atoms with Gasteiger partial charge in [-0.2, -0.15) is 0 Å². The van der Waals surface area contributed by atoms with E-state index in [2.05, 4.69) is 15.3 Å². The zero-order valence-electron chi connectivity index (χ0n) is 13.3. The average Bonchev–Trinajstić information content (AvgIpc) is 3.14. The number of hydrogen-bond donors (Lipinski definition) is 2. The maximum Gasteiger partial charge on any atom is 0.312 e. The molecule has 3 amide bonds. The molecule has 3 heterocycles. The zero-order chi connectivity index (χ0) is 16.9. The SMILES string of the molecule is NC(=O)NC[C@@H]1CCCN(C(=O)c2ccnc(-n3ccnc3)c2)C1. The number of primary amides is 1. The zero-order valence-corrected chi connectivity index (χ0v) is 13.3. The number of nitrogens with zero attached hydrogens (tertiary/aromatic N) is 4. The van der Waals surface area contributed by atoms with Gasteiger partial charge in [-0.05, 0) is 30.9 Å². The third-order valence-corrected chi connectivity index (χ3v) is 4.13. The molecule has 2 aromatic heterocycles. The number of rotatable bonds is 4. The Hall–Kier alpha value is -2.90. The summed E-state index contributed by atoms with van der Waals surface area (Å²) in [6.07, 6.45) is 8.60. The normalized spacial score (nSPS) is 17.5. The first-order chi connectivity index (χ1) is 11.6. The molecule has 0 bridgehead atoms. The minimum absolute atomic E-state index is 0.0254. The Morgan fingerprint density at radius 3 is 3.00 bits per heavy atom. The summed E-state index contributed by atoms with van der Waals surface area (Å²) >= 11 is 0. The molecule has 3 N–H and O–H groups in total. The van der Waals surface area contributed by atoms with Gasteiger partial charge in [0.15, 0.2) is 0 Å². The molecule has 0 aliphatic carbocycles. The Morgan fingerprint density at radius 1 is 1.38 bits per heavy atom. The molecule has 0 radical (unpaired) electrons. The van der Waals surface area contributed by atoms with Gasteiger partial charge in [-0.3, -0.25) is 9.36 Å². The van der Waals surface area contributed by atoms with Gasteiger partial charge in [-0.15, -0.1) is 0 Å². The fourth-order valence-electron chi connectivity index (χ4n) is 2.93. The molecule has 1 saturated heterocycles. The number of pyridine rings is 1. The predicted octanol–water partition coefficient (Wildman–Crippen LogP) is 0.788. The number of nitrogens with two attached hydrogens (primary N) is 1. The summed E-state index contributed by atoms with van der Waals surface area (Å²) in [5.74, 6) is 0.856. The van der Waals surface area contributed by atoms with Crippen LogP contribution >= 0.6 is 0 Å². The summed E-state index contributed by atoms with van der Waals surface area (Å²) in [4.78, 5) is 33.7. The first-order valence-corrected chi connectivity index (χ1v) is 7.90. The number of urea groups is 1. The van der Waals surface area contributed by atoms with Crippen LogP contribution in [0.5, 0.6) is 0 Å². The third-order valence-electron chi connectivity index (χ3n) is 4.13. The van der Waals surface area contributed by atoms with Gasteiger partial charge in [-0.1, -0.05) is 0 Å². The molecule has 0 spiro atoms. The molecule has 0 aromatic carbocycles. The molecule has 24 heavy (non-hydrogen) atoms. The van der Waals surface area contributed by atoms with Crippen LogP contribution in [0.2, 0.25) is 0 Å². The minimum Gasteiger partial charge on any atom is -0.352 e. The molecular formula is C16H20N6O2. The number of hydrogen-bond acceptors (Lipinski definition) is 4. The van der Waals surface area contributed by atoms with Crippen molar-refractivity contribution in [1.82, 2.24) is 24.8 Å². The van der Waals surface area contributed by atoms with Crippen molar-refractivity contribution < 1.29 is 9.59 Å². The molecule has 2 aromatic rings. The highest BCUT2D eigenvalue weighted by molar-refractivity contribution is 5.94. The molecule has 1 aliphatic rings. The van der Waals surface area contributed by atoms with Crippen molar-refractivity contribution in [3.8, 4) is 5.82 Å². The van der Waals surface area contributed by atoms with Crippen LogP contribution in [-0.4, -0.2) is 51.0 Å². The lowest BCUT2D eigenvalue weighted by atomic mass is 9.97. The summed E-state index contributed by atoms with van der Waals surface area (Å²) in [5, 5.41) is 2.62. The van der Waals surface area contributed by atoms with E-state index in [0.717, 1.165) is 12.8 Å². The molecule has 1 atom stereocenters. The first-order valence-electron chi connectivity index (χ1n) is 7.90. The Bertz CT molecular complexity index is 715. The second-order valence-corrected chi connectivity index (χ2v) is 5.88. The predicted molar refractivity (Wildman–Crippen MR) is 87.6 cm³/mol. The first kappa shape index (κ1) is 16.0. The molecule has 126 valence electrons. The Kier molecular flexibility index (Phi) is 4.74. The number of nitrogens with one attached hydrogen (secondary N) is 1. The van der Waals surface area contributed by atoms with Crippen LogP contribution in [0.1, 0.15) is 23.2 Å². The van der Waals surface area contributed by atoms with Gasteiger partial charge in [0.2, 0.25) is 0 Å². The van der Waals surface area contributed by atoms with Crippen LogP contribution < -0.4 is 11.1 Å². The van der Waals surface area contributed by atoms with Gasteiger partial charge >= 0.3 is 6.03 Å². The van der Waals surface area contributed by atoms with Crippen molar-refractivity contribution in [2.45, 2.75) is 12.8 Å². The Balaban J connectivity index is 1.69.